The lowest BCUT2D eigenvalue weighted by Crippen LogP contribution is -2.43. The van der Waals surface area contributed by atoms with Crippen molar-refractivity contribution in [2.24, 2.45) is 0 Å². The molecule has 0 amide bonds. The number of nitrogens with zero attached hydrogens (tertiary/aromatic N) is 7. The molecule has 12 heteroatoms. The second-order valence-electron chi connectivity index (χ2n) is 7.25. The van der Waals surface area contributed by atoms with Gasteiger partial charge in [0.25, 0.3) is 0 Å². The smallest absolute Gasteiger partial charge is 0.367 e. The summed E-state index contributed by atoms with van der Waals surface area (Å²) in [5.74, 6) is 0.914. The fourth-order valence-corrected chi connectivity index (χ4v) is 3.61. The van der Waals surface area contributed by atoms with Gasteiger partial charge < -0.3 is 9.64 Å². The van der Waals surface area contributed by atoms with E-state index in [1.807, 2.05) is 6.92 Å². The second-order valence-corrected chi connectivity index (χ2v) is 7.25. The van der Waals surface area contributed by atoms with E-state index >= 15 is 0 Å². The standard InChI is InChI=1S/C19H17F3N8O/c1-11-8-29(9-14(31-11)12-4-26-27-5-12)16-2-3-23-18(28-16)13-6-25-17-7-24-15(10-30(13)17)19(20,21)22/h2-7,10-11,14H,8-9H2,1H3,(H,26,27)/t11-,14-/m1/s1. The number of H-pyrrole nitrogens is 1. The molecule has 1 aliphatic rings. The van der Waals surface area contributed by atoms with Crippen molar-refractivity contribution < 1.29 is 17.9 Å². The number of fused-ring (bicyclic) bond motifs is 1. The highest BCUT2D eigenvalue weighted by Gasteiger charge is 2.33. The van der Waals surface area contributed by atoms with Crippen molar-refractivity contribution in [1.29, 1.82) is 0 Å². The van der Waals surface area contributed by atoms with E-state index in [2.05, 4.69) is 35.0 Å². The van der Waals surface area contributed by atoms with Crippen LogP contribution in [0.3, 0.4) is 0 Å². The molecule has 9 nitrogen and oxygen atoms in total. The summed E-state index contributed by atoms with van der Waals surface area (Å²) in [5, 5.41) is 6.76. The number of halogens is 3. The summed E-state index contributed by atoms with van der Waals surface area (Å²) in [6.07, 6.45) is 3.70. The van der Waals surface area contributed by atoms with Crippen molar-refractivity contribution in [3.8, 4) is 11.5 Å². The van der Waals surface area contributed by atoms with Crippen LogP contribution in [0.5, 0.6) is 0 Å². The molecule has 31 heavy (non-hydrogen) atoms. The Balaban J connectivity index is 1.49. The van der Waals surface area contributed by atoms with Gasteiger partial charge in [0.2, 0.25) is 0 Å². The van der Waals surface area contributed by atoms with Gasteiger partial charge in [0.1, 0.15) is 17.6 Å². The van der Waals surface area contributed by atoms with E-state index in [0.717, 1.165) is 18.0 Å². The minimum absolute atomic E-state index is 0.0525. The lowest BCUT2D eigenvalue weighted by atomic mass is 10.1. The minimum Gasteiger partial charge on any atom is -0.367 e. The number of morpholine rings is 1. The van der Waals surface area contributed by atoms with Crippen LogP contribution in [0.4, 0.5) is 19.0 Å². The molecule has 1 N–H and O–H groups in total. The molecule has 4 aromatic rings. The molecule has 0 unspecified atom stereocenters. The first-order valence-corrected chi connectivity index (χ1v) is 9.51. The van der Waals surface area contributed by atoms with Gasteiger partial charge in [0, 0.05) is 30.7 Å². The fourth-order valence-electron chi connectivity index (χ4n) is 3.61. The summed E-state index contributed by atoms with van der Waals surface area (Å²) in [5.41, 5.74) is 0.537. The molecule has 0 saturated carbocycles. The third kappa shape index (κ3) is 3.69. The van der Waals surface area contributed by atoms with Crippen LogP contribution in [0.15, 0.2) is 43.2 Å². The van der Waals surface area contributed by atoms with Crippen LogP contribution in [0.2, 0.25) is 0 Å². The lowest BCUT2D eigenvalue weighted by Gasteiger charge is -2.37. The van der Waals surface area contributed by atoms with Gasteiger partial charge in [0.05, 0.1) is 31.2 Å². The normalized spacial score (nSPS) is 19.8. The number of anilines is 1. The molecule has 0 radical (unpaired) electrons. The van der Waals surface area contributed by atoms with Crippen LogP contribution < -0.4 is 4.90 Å². The van der Waals surface area contributed by atoms with Crippen molar-refractivity contribution in [1.82, 2.24) is 34.5 Å². The molecule has 0 aromatic carbocycles. The van der Waals surface area contributed by atoms with Crippen molar-refractivity contribution in [3.05, 3.63) is 54.5 Å². The summed E-state index contributed by atoms with van der Waals surface area (Å²) >= 11 is 0. The number of aromatic amines is 1. The number of imidazole rings is 1. The van der Waals surface area contributed by atoms with Crippen LogP contribution in [0.25, 0.3) is 17.2 Å². The minimum atomic E-state index is -4.57. The van der Waals surface area contributed by atoms with Crippen LogP contribution in [0.1, 0.15) is 24.3 Å². The van der Waals surface area contributed by atoms with Gasteiger partial charge in [-0.3, -0.25) is 9.50 Å². The zero-order valence-electron chi connectivity index (χ0n) is 16.3. The molecule has 4 aromatic heterocycles. The van der Waals surface area contributed by atoms with E-state index in [-0.39, 0.29) is 23.7 Å². The van der Waals surface area contributed by atoms with Gasteiger partial charge in [-0.1, -0.05) is 0 Å². The molecule has 0 aliphatic carbocycles. The summed E-state index contributed by atoms with van der Waals surface area (Å²) in [6, 6.07) is 1.76. The van der Waals surface area contributed by atoms with Crippen molar-refractivity contribution in [2.75, 3.05) is 18.0 Å². The number of ether oxygens (including phenoxy) is 1. The number of nitrogens with one attached hydrogen (secondary N) is 1. The van der Waals surface area contributed by atoms with E-state index in [9.17, 15) is 13.2 Å². The Morgan fingerprint density at radius 2 is 2.00 bits per heavy atom. The Morgan fingerprint density at radius 3 is 2.77 bits per heavy atom. The second kappa shape index (κ2) is 7.30. The molecule has 0 bridgehead atoms. The molecule has 5 rings (SSSR count). The third-order valence-electron chi connectivity index (χ3n) is 5.03. The number of rotatable bonds is 3. The molecule has 1 fully saturated rings. The largest absolute Gasteiger partial charge is 0.434 e. The maximum atomic E-state index is 13.1. The van der Waals surface area contributed by atoms with Crippen LogP contribution in [-0.2, 0) is 10.9 Å². The van der Waals surface area contributed by atoms with Crippen LogP contribution in [0, 0.1) is 0 Å². The fraction of sp³-hybridized carbons (Fsp3) is 0.316. The Labute approximate surface area is 173 Å². The quantitative estimate of drug-likeness (QED) is 0.534. The Kier molecular flexibility index (Phi) is 4.58. The first kappa shape index (κ1) is 19.4. The Bertz CT molecular complexity index is 1210. The lowest BCUT2D eigenvalue weighted by molar-refractivity contribution is -0.141. The maximum absolute atomic E-state index is 13.1. The molecular formula is C19H17F3N8O. The van der Waals surface area contributed by atoms with Gasteiger partial charge >= 0.3 is 6.18 Å². The molecule has 0 spiro atoms. The third-order valence-corrected chi connectivity index (χ3v) is 5.03. The van der Waals surface area contributed by atoms with Crippen molar-refractivity contribution in [2.45, 2.75) is 25.3 Å². The van der Waals surface area contributed by atoms with Gasteiger partial charge in [-0.15, -0.1) is 0 Å². The zero-order chi connectivity index (χ0) is 21.6. The highest BCUT2D eigenvalue weighted by Crippen LogP contribution is 2.30. The van der Waals surface area contributed by atoms with E-state index in [1.54, 1.807) is 24.7 Å². The predicted octanol–water partition coefficient (Wildman–Crippen LogP) is 2.89. The summed E-state index contributed by atoms with van der Waals surface area (Å²) in [6.45, 7) is 3.13. The van der Waals surface area contributed by atoms with Crippen molar-refractivity contribution in [3.63, 3.8) is 0 Å². The maximum Gasteiger partial charge on any atom is 0.434 e. The molecule has 160 valence electrons. The van der Waals surface area contributed by atoms with Crippen molar-refractivity contribution >= 4 is 11.5 Å². The van der Waals surface area contributed by atoms with Gasteiger partial charge in [-0.25, -0.2) is 19.9 Å². The monoisotopic (exact) mass is 430 g/mol. The topological polar surface area (TPSA) is 97.1 Å². The number of hydrogen-bond donors (Lipinski definition) is 1. The molecule has 1 saturated heterocycles. The van der Waals surface area contributed by atoms with E-state index < -0.39 is 11.9 Å². The molecule has 5 heterocycles. The Hall–Kier alpha value is -3.54. The van der Waals surface area contributed by atoms with E-state index in [1.165, 1.54) is 10.6 Å². The van der Waals surface area contributed by atoms with Crippen LogP contribution >= 0.6 is 0 Å². The first-order chi connectivity index (χ1) is 14.9. The number of hydrogen-bond acceptors (Lipinski definition) is 7. The average Bonchev–Trinajstić information content (AvgIpc) is 3.42. The molecule has 2 atom stereocenters. The highest BCUT2D eigenvalue weighted by molar-refractivity contribution is 5.58. The van der Waals surface area contributed by atoms with E-state index in [0.29, 0.717) is 24.6 Å². The molecule has 1 aliphatic heterocycles. The highest BCUT2D eigenvalue weighted by atomic mass is 19.4. The molecular weight excluding hydrogens is 413 g/mol. The van der Waals surface area contributed by atoms with Crippen LogP contribution in [-0.4, -0.2) is 53.7 Å². The average molecular weight is 430 g/mol. The Morgan fingerprint density at radius 1 is 1.13 bits per heavy atom. The summed E-state index contributed by atoms with van der Waals surface area (Å²) in [4.78, 5) is 18.5. The van der Waals surface area contributed by atoms with Gasteiger partial charge in [-0.2, -0.15) is 18.3 Å². The SMILES string of the molecule is C[C@@H]1CN(c2ccnc(-c3cnc4cnc(C(F)(F)F)cn34)n2)C[C@H](c2cn[nH]c2)O1. The van der Waals surface area contributed by atoms with E-state index in [4.69, 9.17) is 4.74 Å². The predicted molar refractivity (Wildman–Crippen MR) is 103 cm³/mol. The van der Waals surface area contributed by atoms with Gasteiger partial charge in [-0.05, 0) is 13.0 Å². The van der Waals surface area contributed by atoms with Gasteiger partial charge in [0.15, 0.2) is 17.2 Å². The number of alkyl halides is 3. The number of aromatic nitrogens is 7. The first-order valence-electron chi connectivity index (χ1n) is 9.51. The zero-order valence-corrected chi connectivity index (χ0v) is 16.3. The summed E-state index contributed by atoms with van der Waals surface area (Å²) in [7, 11) is 0. The summed E-state index contributed by atoms with van der Waals surface area (Å²) < 4.78 is 46.6.